The number of carbonyl (C=O) groups is 3. The number of hydrogen-bond acceptors (Lipinski definition) is 5. The van der Waals surface area contributed by atoms with Gasteiger partial charge in [0.1, 0.15) is 4.88 Å². The highest BCUT2D eigenvalue weighted by Gasteiger charge is 2.26. The van der Waals surface area contributed by atoms with Crippen molar-refractivity contribution < 1.29 is 19.1 Å². The van der Waals surface area contributed by atoms with E-state index in [9.17, 15) is 14.4 Å². The molecular weight excluding hydrogens is 304 g/mol. The Balaban J connectivity index is 1.86. The number of nitrogens with one attached hydrogen (secondary N) is 2. The van der Waals surface area contributed by atoms with E-state index in [1.807, 2.05) is 13.8 Å². The first kappa shape index (κ1) is 16.5. The van der Waals surface area contributed by atoms with Crippen LogP contribution in [0.5, 0.6) is 0 Å². The van der Waals surface area contributed by atoms with Gasteiger partial charge in [0.15, 0.2) is 6.10 Å². The van der Waals surface area contributed by atoms with Gasteiger partial charge in [0.05, 0.1) is 0 Å². The van der Waals surface area contributed by atoms with E-state index in [4.69, 9.17) is 4.74 Å². The molecule has 2 N–H and O–H groups in total. The maximum Gasteiger partial charge on any atom is 0.349 e. The number of imide groups is 1. The molecule has 120 valence electrons. The van der Waals surface area contributed by atoms with Gasteiger partial charge in [-0.1, -0.05) is 6.92 Å². The number of amides is 3. The summed E-state index contributed by atoms with van der Waals surface area (Å²) in [5.74, 6) is -1.17. The molecule has 0 spiro atoms. The molecule has 0 radical (unpaired) electrons. The maximum atomic E-state index is 12.0. The van der Waals surface area contributed by atoms with Crippen LogP contribution in [-0.2, 0) is 16.0 Å². The summed E-state index contributed by atoms with van der Waals surface area (Å²) >= 11 is 1.37. The topological polar surface area (TPSA) is 84.5 Å². The largest absolute Gasteiger partial charge is 0.448 e. The van der Waals surface area contributed by atoms with E-state index in [-0.39, 0.29) is 6.04 Å². The molecule has 0 aliphatic heterocycles. The summed E-state index contributed by atoms with van der Waals surface area (Å²) in [6.07, 6.45) is 1.69. The predicted octanol–water partition coefficient (Wildman–Crippen LogP) is 2.15. The zero-order valence-electron chi connectivity index (χ0n) is 12.9. The molecule has 1 fully saturated rings. The van der Waals surface area contributed by atoms with Crippen LogP contribution in [0.3, 0.4) is 0 Å². The molecule has 1 aromatic rings. The fourth-order valence-electron chi connectivity index (χ4n) is 1.91. The Hall–Kier alpha value is -1.89. The van der Waals surface area contributed by atoms with Gasteiger partial charge in [-0.2, -0.15) is 0 Å². The van der Waals surface area contributed by atoms with Crippen LogP contribution in [0, 0.1) is 6.92 Å². The van der Waals surface area contributed by atoms with Crippen LogP contribution in [0.15, 0.2) is 6.07 Å². The Kier molecular flexibility index (Phi) is 5.18. The molecular formula is C15H20N2O4S. The molecule has 7 heteroatoms. The molecule has 2 rings (SSSR count). The molecule has 0 saturated heterocycles. The minimum Gasteiger partial charge on any atom is -0.448 e. The Morgan fingerprint density at radius 3 is 2.64 bits per heavy atom. The van der Waals surface area contributed by atoms with Crippen LogP contribution in [0.25, 0.3) is 0 Å². The van der Waals surface area contributed by atoms with E-state index < -0.39 is 24.0 Å². The van der Waals surface area contributed by atoms with Gasteiger partial charge in [0, 0.05) is 10.9 Å². The third kappa shape index (κ3) is 4.30. The van der Waals surface area contributed by atoms with Crippen LogP contribution in [0.2, 0.25) is 0 Å². The number of hydrogen-bond donors (Lipinski definition) is 2. The average molecular weight is 324 g/mol. The predicted molar refractivity (Wildman–Crippen MR) is 83.0 cm³/mol. The van der Waals surface area contributed by atoms with Crippen molar-refractivity contribution in [2.75, 3.05) is 0 Å². The lowest BCUT2D eigenvalue weighted by molar-refractivity contribution is -0.127. The highest BCUT2D eigenvalue weighted by atomic mass is 32.1. The number of esters is 1. The second-order valence-electron chi connectivity index (χ2n) is 5.35. The van der Waals surface area contributed by atoms with E-state index in [1.54, 1.807) is 6.07 Å². The number of thiophene rings is 1. The third-order valence-corrected chi connectivity index (χ3v) is 4.71. The van der Waals surface area contributed by atoms with Crippen molar-refractivity contribution in [2.45, 2.75) is 52.2 Å². The van der Waals surface area contributed by atoms with Gasteiger partial charge in [0.25, 0.3) is 5.91 Å². The number of carbonyl (C=O) groups excluding carboxylic acids is 3. The molecule has 1 aliphatic carbocycles. The van der Waals surface area contributed by atoms with E-state index in [0.29, 0.717) is 4.88 Å². The highest BCUT2D eigenvalue weighted by molar-refractivity contribution is 7.14. The van der Waals surface area contributed by atoms with Crippen molar-refractivity contribution in [2.24, 2.45) is 0 Å². The van der Waals surface area contributed by atoms with Gasteiger partial charge in [-0.3, -0.25) is 10.1 Å². The van der Waals surface area contributed by atoms with Crippen LogP contribution >= 0.6 is 11.3 Å². The Morgan fingerprint density at radius 1 is 1.41 bits per heavy atom. The molecule has 0 bridgehead atoms. The lowest BCUT2D eigenvalue weighted by Crippen LogP contribution is -2.45. The van der Waals surface area contributed by atoms with Crippen molar-refractivity contribution in [1.29, 1.82) is 0 Å². The second-order valence-corrected chi connectivity index (χ2v) is 6.49. The summed E-state index contributed by atoms with van der Waals surface area (Å²) in [6.45, 7) is 5.39. The van der Waals surface area contributed by atoms with Gasteiger partial charge in [-0.05, 0) is 44.7 Å². The number of aryl methyl sites for hydroxylation is 2. The minimum absolute atomic E-state index is 0.159. The molecule has 1 aromatic heterocycles. The number of urea groups is 1. The summed E-state index contributed by atoms with van der Waals surface area (Å²) in [6, 6.07) is 1.37. The molecule has 6 nitrogen and oxygen atoms in total. The fourth-order valence-corrected chi connectivity index (χ4v) is 2.90. The van der Waals surface area contributed by atoms with Crippen molar-refractivity contribution in [1.82, 2.24) is 10.6 Å². The lowest BCUT2D eigenvalue weighted by atomic mass is 10.2. The van der Waals surface area contributed by atoms with Gasteiger partial charge in [-0.25, -0.2) is 9.59 Å². The first-order valence-corrected chi connectivity index (χ1v) is 8.14. The van der Waals surface area contributed by atoms with Gasteiger partial charge in [0.2, 0.25) is 0 Å². The average Bonchev–Trinajstić information content (AvgIpc) is 3.18. The Labute approximate surface area is 133 Å². The number of rotatable bonds is 5. The normalized spacial score (nSPS) is 15.0. The van der Waals surface area contributed by atoms with Gasteiger partial charge < -0.3 is 10.1 Å². The number of ether oxygens (including phenoxy) is 1. The van der Waals surface area contributed by atoms with Crippen molar-refractivity contribution in [3.63, 3.8) is 0 Å². The molecule has 0 aromatic carbocycles. The molecule has 1 unspecified atom stereocenters. The van der Waals surface area contributed by atoms with E-state index >= 15 is 0 Å². The van der Waals surface area contributed by atoms with Gasteiger partial charge in [-0.15, -0.1) is 11.3 Å². The Bertz CT molecular complexity index is 592. The minimum atomic E-state index is -1.02. The zero-order valence-corrected chi connectivity index (χ0v) is 13.7. The molecule has 1 heterocycles. The van der Waals surface area contributed by atoms with Crippen LogP contribution in [-0.4, -0.2) is 30.1 Å². The fraction of sp³-hybridized carbons (Fsp3) is 0.533. The third-order valence-electron chi connectivity index (χ3n) is 3.35. The van der Waals surface area contributed by atoms with Crippen molar-refractivity contribution >= 4 is 29.2 Å². The summed E-state index contributed by atoms with van der Waals surface area (Å²) < 4.78 is 5.11. The highest BCUT2D eigenvalue weighted by Crippen LogP contribution is 2.23. The molecule has 1 atom stereocenters. The van der Waals surface area contributed by atoms with E-state index in [0.717, 1.165) is 29.7 Å². The Morgan fingerprint density at radius 2 is 2.09 bits per heavy atom. The molecule has 3 amide bonds. The van der Waals surface area contributed by atoms with Crippen molar-refractivity contribution in [3.8, 4) is 0 Å². The van der Waals surface area contributed by atoms with Crippen molar-refractivity contribution in [3.05, 3.63) is 21.4 Å². The monoisotopic (exact) mass is 324 g/mol. The first-order chi connectivity index (χ1) is 10.4. The smallest absolute Gasteiger partial charge is 0.349 e. The summed E-state index contributed by atoms with van der Waals surface area (Å²) in [5.41, 5.74) is 1.04. The summed E-state index contributed by atoms with van der Waals surface area (Å²) in [4.78, 5) is 36.9. The van der Waals surface area contributed by atoms with E-state index in [1.165, 1.54) is 18.3 Å². The quantitative estimate of drug-likeness (QED) is 0.813. The second kappa shape index (κ2) is 6.91. The van der Waals surface area contributed by atoms with Crippen LogP contribution < -0.4 is 10.6 Å². The molecule has 1 aliphatic rings. The van der Waals surface area contributed by atoms with Crippen LogP contribution in [0.1, 0.15) is 46.8 Å². The van der Waals surface area contributed by atoms with Crippen LogP contribution in [0.4, 0.5) is 4.79 Å². The maximum absolute atomic E-state index is 12.0. The standard InChI is InChI=1S/C15H20N2O4S/c1-4-11-8(2)7-12(22-11)14(19)21-9(3)13(18)17-15(20)16-10-5-6-10/h7,9-10H,4-6H2,1-3H3,(H2,16,17,18,20). The molecule has 22 heavy (non-hydrogen) atoms. The summed E-state index contributed by atoms with van der Waals surface area (Å²) in [5, 5.41) is 4.81. The van der Waals surface area contributed by atoms with E-state index in [2.05, 4.69) is 10.6 Å². The van der Waals surface area contributed by atoms with Gasteiger partial charge >= 0.3 is 12.0 Å². The lowest BCUT2D eigenvalue weighted by Gasteiger charge is -2.12. The zero-order chi connectivity index (χ0) is 16.3. The summed E-state index contributed by atoms with van der Waals surface area (Å²) in [7, 11) is 0. The SMILES string of the molecule is CCc1sc(C(=O)OC(C)C(=O)NC(=O)NC2CC2)cc1C. The molecule has 1 saturated carbocycles. The first-order valence-electron chi connectivity index (χ1n) is 7.32.